The van der Waals surface area contributed by atoms with E-state index in [1.807, 2.05) is 13.8 Å². The van der Waals surface area contributed by atoms with Gasteiger partial charge in [0.25, 0.3) is 5.91 Å². The predicted molar refractivity (Wildman–Crippen MR) is 90.7 cm³/mol. The van der Waals surface area contributed by atoms with Crippen LogP contribution in [0, 0.1) is 23.7 Å². The van der Waals surface area contributed by atoms with Gasteiger partial charge in [-0.1, -0.05) is 11.1 Å². The molecule has 2 aliphatic carbocycles. The summed E-state index contributed by atoms with van der Waals surface area (Å²) in [4.78, 5) is 36.0. The average molecular weight is 348 g/mol. The van der Waals surface area contributed by atoms with Crippen LogP contribution in [0.25, 0.3) is 0 Å². The molecule has 1 aromatic heterocycles. The van der Waals surface area contributed by atoms with Crippen LogP contribution in [-0.2, 0) is 9.59 Å². The summed E-state index contributed by atoms with van der Waals surface area (Å²) in [5.74, 6) is -3.27. The number of hydrogen-bond donors (Lipinski definition) is 3. The molecule has 2 fully saturated rings. The number of rotatable bonds is 4. The fraction of sp³-hybridized carbons (Fsp3) is 0.471. The Morgan fingerprint density at radius 3 is 2.38 bits per heavy atom. The second-order valence-electron chi connectivity index (χ2n) is 6.65. The number of nitrogens with two attached hydrogens (primary N) is 1. The number of carbonyl (C=O) groups is 3. The topological polar surface area (TPSA) is 109 Å². The number of primary amides is 1. The predicted octanol–water partition coefficient (Wildman–Crippen LogP) is 2.48. The highest BCUT2D eigenvalue weighted by molar-refractivity contribution is 7.14. The lowest BCUT2D eigenvalue weighted by Crippen LogP contribution is -2.38. The molecule has 24 heavy (non-hydrogen) atoms. The normalized spacial score (nSPS) is 28.0. The zero-order chi connectivity index (χ0) is 17.6. The molecule has 0 aliphatic heterocycles. The Balaban J connectivity index is 1.91. The fourth-order valence-corrected chi connectivity index (χ4v) is 5.20. The summed E-state index contributed by atoms with van der Waals surface area (Å²) in [7, 11) is 0. The average Bonchev–Trinajstić information content (AvgIpc) is 3.18. The molecule has 6 nitrogen and oxygen atoms in total. The number of hydrogen-bond acceptors (Lipinski definition) is 4. The van der Waals surface area contributed by atoms with Gasteiger partial charge in [-0.2, -0.15) is 0 Å². The number of carboxylic acids is 1. The molecule has 7 heteroatoms. The van der Waals surface area contributed by atoms with E-state index < -0.39 is 23.7 Å². The zero-order valence-electron chi connectivity index (χ0n) is 13.5. The van der Waals surface area contributed by atoms with E-state index in [4.69, 9.17) is 5.73 Å². The van der Waals surface area contributed by atoms with Crippen molar-refractivity contribution in [3.63, 3.8) is 0 Å². The molecule has 0 unspecified atom stereocenters. The lowest BCUT2D eigenvalue weighted by Gasteiger charge is -2.26. The third-order valence-corrected chi connectivity index (χ3v) is 6.00. The van der Waals surface area contributed by atoms with E-state index in [1.54, 1.807) is 11.4 Å². The van der Waals surface area contributed by atoms with Gasteiger partial charge in [-0.25, -0.2) is 0 Å². The van der Waals surface area contributed by atoms with E-state index >= 15 is 0 Å². The molecule has 0 spiro atoms. The highest BCUT2D eigenvalue weighted by Gasteiger charge is 2.57. The van der Waals surface area contributed by atoms with Crippen LogP contribution in [0.4, 0.5) is 5.00 Å². The molecular formula is C17H20N2O4S. The Labute approximate surface area is 143 Å². The Morgan fingerprint density at radius 2 is 1.83 bits per heavy atom. The Hall–Kier alpha value is -2.15. The van der Waals surface area contributed by atoms with E-state index in [0.717, 1.165) is 24.0 Å². The number of aliphatic carboxylic acids is 1. The van der Waals surface area contributed by atoms with Crippen molar-refractivity contribution in [1.82, 2.24) is 0 Å². The van der Waals surface area contributed by atoms with Crippen LogP contribution in [0.2, 0.25) is 0 Å². The molecule has 2 saturated carbocycles. The van der Waals surface area contributed by atoms with Crippen molar-refractivity contribution >= 4 is 34.1 Å². The van der Waals surface area contributed by atoms with Gasteiger partial charge in [0.05, 0.1) is 17.4 Å². The van der Waals surface area contributed by atoms with Crippen LogP contribution in [-0.4, -0.2) is 22.9 Å². The summed E-state index contributed by atoms with van der Waals surface area (Å²) in [5, 5.41) is 14.4. The summed E-state index contributed by atoms with van der Waals surface area (Å²) in [6.45, 7) is 3.95. The molecule has 128 valence electrons. The van der Waals surface area contributed by atoms with Crippen LogP contribution in [0.5, 0.6) is 0 Å². The zero-order valence-corrected chi connectivity index (χ0v) is 14.4. The monoisotopic (exact) mass is 348 g/mol. The standard InChI is InChI=1S/C17H20N2O4S/c1-7(2)11-8-3-4-9(11)13(17(22)23)12(8)15(21)19-16-10(14(18)20)5-6-24-16/h5-6,8-9,12-13H,3-4H2,1-2H3,(H2,18,20)(H,19,21)(H,22,23)/t8-,9-,12-,13+/m1/s1. The van der Waals surface area contributed by atoms with E-state index in [-0.39, 0.29) is 23.3 Å². The lowest BCUT2D eigenvalue weighted by molar-refractivity contribution is -0.148. The maximum absolute atomic E-state index is 12.8. The van der Waals surface area contributed by atoms with Gasteiger partial charge >= 0.3 is 5.97 Å². The minimum Gasteiger partial charge on any atom is -0.481 e. The Bertz CT molecular complexity index is 748. The Morgan fingerprint density at radius 1 is 1.21 bits per heavy atom. The first-order valence-electron chi connectivity index (χ1n) is 7.91. The molecule has 2 amide bonds. The van der Waals surface area contributed by atoms with Gasteiger partial charge in [0.15, 0.2) is 0 Å². The van der Waals surface area contributed by atoms with Gasteiger partial charge < -0.3 is 16.2 Å². The first-order valence-corrected chi connectivity index (χ1v) is 8.79. The van der Waals surface area contributed by atoms with Gasteiger partial charge in [0, 0.05) is 0 Å². The van der Waals surface area contributed by atoms with Crippen molar-refractivity contribution < 1.29 is 19.5 Å². The number of carbonyl (C=O) groups excluding carboxylic acids is 2. The Kier molecular flexibility index (Phi) is 4.21. The highest BCUT2D eigenvalue weighted by Crippen LogP contribution is 2.57. The number of fused-ring (bicyclic) bond motifs is 2. The minimum absolute atomic E-state index is 0.0295. The smallest absolute Gasteiger partial charge is 0.307 e. The van der Waals surface area contributed by atoms with E-state index in [2.05, 4.69) is 5.32 Å². The molecule has 0 aromatic carbocycles. The maximum atomic E-state index is 12.8. The summed E-state index contributed by atoms with van der Waals surface area (Å²) < 4.78 is 0. The second-order valence-corrected chi connectivity index (χ2v) is 7.57. The number of anilines is 1. The first kappa shape index (κ1) is 16.7. The summed E-state index contributed by atoms with van der Waals surface area (Å²) >= 11 is 1.21. The third kappa shape index (κ3) is 2.53. The van der Waals surface area contributed by atoms with Gasteiger partial charge in [0.2, 0.25) is 5.91 Å². The highest BCUT2D eigenvalue weighted by atomic mass is 32.1. The molecule has 2 aliphatic rings. The van der Waals surface area contributed by atoms with E-state index in [9.17, 15) is 19.5 Å². The molecule has 0 radical (unpaired) electrons. The van der Waals surface area contributed by atoms with Crippen LogP contribution in [0.1, 0.15) is 37.0 Å². The van der Waals surface area contributed by atoms with Crippen LogP contribution in [0.3, 0.4) is 0 Å². The number of amides is 2. The summed E-state index contributed by atoms with van der Waals surface area (Å²) in [6.07, 6.45) is 1.65. The molecule has 0 saturated heterocycles. The van der Waals surface area contributed by atoms with Crippen molar-refractivity contribution in [2.75, 3.05) is 5.32 Å². The summed E-state index contributed by atoms with van der Waals surface area (Å²) in [5.41, 5.74) is 7.79. The summed E-state index contributed by atoms with van der Waals surface area (Å²) in [6, 6.07) is 1.56. The van der Waals surface area contributed by atoms with Crippen molar-refractivity contribution in [2.24, 2.45) is 29.4 Å². The SMILES string of the molecule is CC(C)=C1[C@H]2CC[C@H]1[C@@H](C(=O)Nc1sccc1C(N)=O)[C@H]2C(=O)O. The van der Waals surface area contributed by atoms with Gasteiger partial charge in [-0.3, -0.25) is 14.4 Å². The van der Waals surface area contributed by atoms with Crippen LogP contribution >= 0.6 is 11.3 Å². The fourth-order valence-electron chi connectivity index (χ4n) is 4.40. The van der Waals surface area contributed by atoms with E-state index in [1.165, 1.54) is 11.3 Å². The van der Waals surface area contributed by atoms with Crippen LogP contribution < -0.4 is 11.1 Å². The van der Waals surface area contributed by atoms with Crippen molar-refractivity contribution in [3.05, 3.63) is 28.2 Å². The molecule has 4 N–H and O–H groups in total. The van der Waals surface area contributed by atoms with E-state index in [0.29, 0.717) is 5.00 Å². The van der Waals surface area contributed by atoms with Gasteiger partial charge in [-0.15, -0.1) is 11.3 Å². The van der Waals surface area contributed by atoms with Crippen LogP contribution in [0.15, 0.2) is 22.6 Å². The molecule has 4 atom stereocenters. The quantitative estimate of drug-likeness (QED) is 0.726. The van der Waals surface area contributed by atoms with Gasteiger partial charge in [-0.05, 0) is 50.0 Å². The molecule has 3 rings (SSSR count). The second kappa shape index (κ2) is 6.05. The van der Waals surface area contributed by atoms with Crippen molar-refractivity contribution in [2.45, 2.75) is 26.7 Å². The number of carboxylic acid groups (broad SMARTS) is 1. The lowest BCUT2D eigenvalue weighted by atomic mass is 9.79. The largest absolute Gasteiger partial charge is 0.481 e. The number of thiophene rings is 1. The van der Waals surface area contributed by atoms with Crippen molar-refractivity contribution in [1.29, 1.82) is 0 Å². The minimum atomic E-state index is -0.928. The first-order chi connectivity index (χ1) is 11.3. The molecule has 1 aromatic rings. The molecule has 1 heterocycles. The number of nitrogens with one attached hydrogen (secondary N) is 1. The van der Waals surface area contributed by atoms with Gasteiger partial charge in [0.1, 0.15) is 5.00 Å². The van der Waals surface area contributed by atoms with Crippen molar-refractivity contribution in [3.8, 4) is 0 Å². The third-order valence-electron chi connectivity index (χ3n) is 5.17. The maximum Gasteiger partial charge on any atom is 0.307 e. The molecule has 2 bridgehead atoms. The molecular weight excluding hydrogens is 328 g/mol. The number of allylic oxidation sites excluding steroid dienone is 2.